The highest BCUT2D eigenvalue weighted by molar-refractivity contribution is 6.10. The minimum Gasteiger partial charge on any atom is -0.342 e. The van der Waals surface area contributed by atoms with Gasteiger partial charge in [0.15, 0.2) is 0 Å². The average molecular weight is 346 g/mol. The lowest BCUT2D eigenvalue weighted by molar-refractivity contribution is -0.142. The number of amides is 3. The van der Waals surface area contributed by atoms with E-state index in [9.17, 15) is 18.8 Å². The molecule has 134 valence electrons. The molecule has 1 aromatic carbocycles. The Hall–Kier alpha value is -2.24. The predicted octanol–water partition coefficient (Wildman–Crippen LogP) is 2.10. The minimum absolute atomic E-state index is 0.0963. The summed E-state index contributed by atoms with van der Waals surface area (Å²) in [6.07, 6.45) is 1.82. The van der Waals surface area contributed by atoms with Crippen LogP contribution in [0.1, 0.15) is 38.2 Å². The molecule has 2 aliphatic rings. The van der Waals surface area contributed by atoms with Gasteiger partial charge in [0.1, 0.15) is 5.82 Å². The Balaban J connectivity index is 1.94. The number of hydrogen-bond acceptors (Lipinski definition) is 3. The van der Waals surface area contributed by atoms with Gasteiger partial charge in [-0.1, -0.05) is 19.1 Å². The van der Waals surface area contributed by atoms with E-state index in [1.165, 1.54) is 25.2 Å². The third-order valence-electron chi connectivity index (χ3n) is 5.38. The number of halogens is 1. The van der Waals surface area contributed by atoms with Gasteiger partial charge in [0, 0.05) is 33.0 Å². The first-order chi connectivity index (χ1) is 11.8. The average Bonchev–Trinajstić information content (AvgIpc) is 2.80. The van der Waals surface area contributed by atoms with Crippen LogP contribution in [-0.2, 0) is 19.8 Å². The number of imide groups is 1. The van der Waals surface area contributed by atoms with Crippen LogP contribution in [0, 0.1) is 11.7 Å². The molecule has 0 N–H and O–H groups in total. The molecule has 6 heteroatoms. The number of benzene rings is 1. The van der Waals surface area contributed by atoms with Crippen molar-refractivity contribution in [3.8, 4) is 0 Å². The highest BCUT2D eigenvalue weighted by Gasteiger charge is 2.53. The van der Waals surface area contributed by atoms with Crippen molar-refractivity contribution >= 4 is 17.7 Å². The molecular weight excluding hydrogens is 323 g/mol. The van der Waals surface area contributed by atoms with Crippen molar-refractivity contribution in [2.24, 2.45) is 5.92 Å². The number of piperidine rings is 1. The summed E-state index contributed by atoms with van der Waals surface area (Å²) in [6, 6.07) is 5.68. The number of likely N-dealkylation sites (tertiary alicyclic amines) is 2. The summed E-state index contributed by atoms with van der Waals surface area (Å²) in [6.45, 7) is 3.43. The summed E-state index contributed by atoms with van der Waals surface area (Å²) >= 11 is 0. The second kappa shape index (κ2) is 6.58. The van der Waals surface area contributed by atoms with Gasteiger partial charge < -0.3 is 4.90 Å². The van der Waals surface area contributed by atoms with Crippen molar-refractivity contribution in [2.45, 2.75) is 38.0 Å². The lowest BCUT2D eigenvalue weighted by Gasteiger charge is -2.34. The second-order valence-corrected chi connectivity index (χ2v) is 7.29. The highest BCUT2D eigenvalue weighted by atomic mass is 19.1. The number of nitrogens with zero attached hydrogens (tertiary/aromatic N) is 2. The van der Waals surface area contributed by atoms with Gasteiger partial charge in [0.25, 0.3) is 0 Å². The Morgan fingerprint density at radius 2 is 2.12 bits per heavy atom. The van der Waals surface area contributed by atoms with E-state index in [4.69, 9.17) is 0 Å². The van der Waals surface area contributed by atoms with Crippen LogP contribution in [0.15, 0.2) is 24.3 Å². The molecule has 0 aromatic heterocycles. The molecule has 0 radical (unpaired) electrons. The molecule has 2 aliphatic heterocycles. The van der Waals surface area contributed by atoms with E-state index in [1.807, 2.05) is 0 Å². The van der Waals surface area contributed by atoms with E-state index in [0.29, 0.717) is 24.6 Å². The quantitative estimate of drug-likeness (QED) is 0.788. The van der Waals surface area contributed by atoms with E-state index in [0.717, 1.165) is 17.7 Å². The molecule has 1 aromatic rings. The standard InChI is InChI=1S/C19H23FN2O3/c1-13-5-4-8-22(12-13)17(24)11-19(10-16(23)21(2)18(19)25)14-6-3-7-15(20)9-14/h3,6-7,9,13H,4-5,8,10-12H2,1-2H3/t13-,19-/m1/s1. The van der Waals surface area contributed by atoms with Crippen LogP contribution in [0.3, 0.4) is 0 Å². The van der Waals surface area contributed by atoms with Crippen molar-refractivity contribution < 1.29 is 18.8 Å². The van der Waals surface area contributed by atoms with E-state index < -0.39 is 17.1 Å². The van der Waals surface area contributed by atoms with Crippen LogP contribution in [0.4, 0.5) is 4.39 Å². The van der Waals surface area contributed by atoms with Crippen LogP contribution < -0.4 is 0 Å². The maximum absolute atomic E-state index is 13.8. The zero-order chi connectivity index (χ0) is 18.2. The maximum Gasteiger partial charge on any atom is 0.240 e. The zero-order valence-corrected chi connectivity index (χ0v) is 14.6. The number of likely N-dealkylation sites (N-methyl/N-ethyl adjacent to an activating group) is 1. The van der Waals surface area contributed by atoms with Crippen LogP contribution in [0.2, 0.25) is 0 Å². The van der Waals surface area contributed by atoms with Gasteiger partial charge in [0.2, 0.25) is 17.7 Å². The molecule has 25 heavy (non-hydrogen) atoms. The molecule has 2 fully saturated rings. The first kappa shape index (κ1) is 17.6. The Kier molecular flexibility index (Phi) is 4.62. The van der Waals surface area contributed by atoms with Crippen molar-refractivity contribution in [3.05, 3.63) is 35.6 Å². The fourth-order valence-corrected chi connectivity index (χ4v) is 3.92. The molecule has 2 atom stereocenters. The molecule has 3 amide bonds. The molecule has 0 spiro atoms. The van der Waals surface area contributed by atoms with Gasteiger partial charge >= 0.3 is 0 Å². The predicted molar refractivity (Wildman–Crippen MR) is 90.1 cm³/mol. The summed E-state index contributed by atoms with van der Waals surface area (Å²) in [5.41, 5.74) is -0.903. The van der Waals surface area contributed by atoms with Crippen molar-refractivity contribution in [3.63, 3.8) is 0 Å². The zero-order valence-electron chi connectivity index (χ0n) is 14.6. The van der Waals surface area contributed by atoms with Gasteiger partial charge in [-0.3, -0.25) is 19.3 Å². The summed E-state index contributed by atoms with van der Waals surface area (Å²) in [5.74, 6) is -0.972. The van der Waals surface area contributed by atoms with E-state index >= 15 is 0 Å². The third-order valence-corrected chi connectivity index (χ3v) is 5.38. The summed E-state index contributed by atoms with van der Waals surface area (Å²) in [5, 5.41) is 0. The second-order valence-electron chi connectivity index (χ2n) is 7.29. The van der Waals surface area contributed by atoms with Crippen molar-refractivity contribution in [1.29, 1.82) is 0 Å². The molecule has 2 saturated heterocycles. The molecular formula is C19H23FN2O3. The third kappa shape index (κ3) is 3.17. The lowest BCUT2D eigenvalue weighted by atomic mass is 9.75. The van der Waals surface area contributed by atoms with Gasteiger partial charge in [0.05, 0.1) is 5.41 Å². The van der Waals surface area contributed by atoms with E-state index in [1.54, 1.807) is 11.0 Å². The first-order valence-electron chi connectivity index (χ1n) is 8.68. The fraction of sp³-hybridized carbons (Fsp3) is 0.526. The Morgan fingerprint density at radius 3 is 2.72 bits per heavy atom. The number of hydrogen-bond donors (Lipinski definition) is 0. The molecule has 0 aliphatic carbocycles. The van der Waals surface area contributed by atoms with Crippen molar-refractivity contribution in [2.75, 3.05) is 20.1 Å². The van der Waals surface area contributed by atoms with Crippen LogP contribution in [-0.4, -0.2) is 47.7 Å². The fourth-order valence-electron chi connectivity index (χ4n) is 3.92. The molecule has 0 unspecified atom stereocenters. The van der Waals surface area contributed by atoms with Gasteiger partial charge in [-0.05, 0) is 36.5 Å². The summed E-state index contributed by atoms with van der Waals surface area (Å²) in [4.78, 5) is 40.7. The SMILES string of the molecule is C[C@@H]1CCCN(C(=O)C[C@@]2(c3cccc(F)c3)CC(=O)N(C)C2=O)C1. The molecule has 3 rings (SSSR count). The Morgan fingerprint density at radius 1 is 1.36 bits per heavy atom. The molecule has 0 saturated carbocycles. The number of carbonyl (C=O) groups is 3. The van der Waals surface area contributed by atoms with E-state index in [2.05, 4.69) is 6.92 Å². The van der Waals surface area contributed by atoms with Gasteiger partial charge in [-0.15, -0.1) is 0 Å². The monoisotopic (exact) mass is 346 g/mol. The van der Waals surface area contributed by atoms with Gasteiger partial charge in [-0.25, -0.2) is 4.39 Å². The van der Waals surface area contributed by atoms with E-state index in [-0.39, 0.29) is 24.7 Å². The van der Waals surface area contributed by atoms with Crippen LogP contribution in [0.25, 0.3) is 0 Å². The maximum atomic E-state index is 13.8. The molecule has 2 heterocycles. The smallest absolute Gasteiger partial charge is 0.240 e. The largest absolute Gasteiger partial charge is 0.342 e. The number of carbonyl (C=O) groups excluding carboxylic acids is 3. The summed E-state index contributed by atoms with van der Waals surface area (Å²) in [7, 11) is 1.42. The Labute approximate surface area is 146 Å². The Bertz CT molecular complexity index is 720. The van der Waals surface area contributed by atoms with Gasteiger partial charge in [-0.2, -0.15) is 0 Å². The molecule has 5 nitrogen and oxygen atoms in total. The lowest BCUT2D eigenvalue weighted by Crippen LogP contribution is -2.45. The normalized spacial score (nSPS) is 27.1. The topological polar surface area (TPSA) is 57.7 Å². The van der Waals surface area contributed by atoms with Crippen molar-refractivity contribution in [1.82, 2.24) is 9.80 Å². The van der Waals surface area contributed by atoms with Crippen LogP contribution >= 0.6 is 0 Å². The number of rotatable bonds is 3. The minimum atomic E-state index is -1.30. The highest BCUT2D eigenvalue weighted by Crippen LogP contribution is 2.40. The molecule has 0 bridgehead atoms. The first-order valence-corrected chi connectivity index (χ1v) is 8.68. The summed E-state index contributed by atoms with van der Waals surface area (Å²) < 4.78 is 13.8. The van der Waals surface area contributed by atoms with Crippen LogP contribution in [0.5, 0.6) is 0 Å².